The smallest absolute Gasteiger partial charge is 0.229 e. The summed E-state index contributed by atoms with van der Waals surface area (Å²) >= 11 is 0. The fourth-order valence-electron chi connectivity index (χ4n) is 1.98. The van der Waals surface area contributed by atoms with Crippen molar-refractivity contribution in [2.75, 3.05) is 6.61 Å². The van der Waals surface area contributed by atoms with E-state index in [1.807, 2.05) is 0 Å². The van der Waals surface area contributed by atoms with Crippen LogP contribution in [-0.4, -0.2) is 64.0 Å². The van der Waals surface area contributed by atoms with Crippen LogP contribution in [0.15, 0.2) is 24.3 Å². The summed E-state index contributed by atoms with van der Waals surface area (Å²) in [7, 11) is 0. The van der Waals surface area contributed by atoms with Crippen LogP contribution in [0.1, 0.15) is 10.4 Å². The molecule has 4 N–H and O–H groups in total. The quantitative estimate of drug-likeness (QED) is 0.507. The molecule has 7 nitrogen and oxygen atoms in total. The zero-order valence-electron chi connectivity index (χ0n) is 10.5. The molecule has 0 radical (unpaired) electrons. The molecule has 1 heterocycles. The molecule has 1 aromatic carbocycles. The van der Waals surface area contributed by atoms with Crippen molar-refractivity contribution in [3.05, 3.63) is 29.8 Å². The van der Waals surface area contributed by atoms with Crippen molar-refractivity contribution in [3.63, 3.8) is 0 Å². The van der Waals surface area contributed by atoms with E-state index in [0.29, 0.717) is 6.29 Å². The third-order valence-corrected chi connectivity index (χ3v) is 3.14. The number of aliphatic hydroxyl groups excluding tert-OH is 4. The molecule has 20 heavy (non-hydrogen) atoms. The van der Waals surface area contributed by atoms with E-state index in [1.165, 1.54) is 12.1 Å². The number of carbonyl (C=O) groups excluding carboxylic acids is 1. The summed E-state index contributed by atoms with van der Waals surface area (Å²) in [6.45, 7) is -0.542. The molecule has 0 aliphatic carbocycles. The van der Waals surface area contributed by atoms with Gasteiger partial charge in [-0.1, -0.05) is 12.1 Å². The molecule has 0 amide bonds. The molecule has 2 rings (SSSR count). The van der Waals surface area contributed by atoms with Gasteiger partial charge < -0.3 is 29.9 Å². The second-order valence-corrected chi connectivity index (χ2v) is 4.47. The fourth-order valence-corrected chi connectivity index (χ4v) is 1.98. The Bertz CT molecular complexity index is 462. The van der Waals surface area contributed by atoms with Crippen LogP contribution in [-0.2, 0) is 4.74 Å². The molecule has 1 aliphatic heterocycles. The van der Waals surface area contributed by atoms with Crippen molar-refractivity contribution in [3.8, 4) is 5.75 Å². The lowest BCUT2D eigenvalue weighted by Gasteiger charge is -2.39. The fraction of sp³-hybridized carbons (Fsp3) is 0.462. The molecular weight excluding hydrogens is 268 g/mol. The van der Waals surface area contributed by atoms with Gasteiger partial charge in [-0.2, -0.15) is 0 Å². The highest BCUT2D eigenvalue weighted by atomic mass is 16.7. The van der Waals surface area contributed by atoms with Crippen molar-refractivity contribution in [1.29, 1.82) is 0 Å². The molecule has 1 aliphatic rings. The standard InChI is InChI=1S/C13H16O7/c14-5-7-3-1-2-4-8(7)19-13-12(18)11(17)10(16)9(6-15)20-13/h1-5,9-13,15-18H,6H2/t9?,10-,11?,12?,13+/m0/s1. The minimum Gasteiger partial charge on any atom is -0.461 e. The van der Waals surface area contributed by atoms with Gasteiger partial charge in [-0.15, -0.1) is 0 Å². The molecular formula is C13H16O7. The SMILES string of the molecule is O=Cc1ccccc1O[C@@H]1OC(CO)[C@H](O)C(O)C1O. The van der Waals surface area contributed by atoms with Gasteiger partial charge in [0.2, 0.25) is 6.29 Å². The highest BCUT2D eigenvalue weighted by Gasteiger charge is 2.44. The maximum absolute atomic E-state index is 10.9. The predicted molar refractivity (Wildman–Crippen MR) is 66.2 cm³/mol. The first-order chi connectivity index (χ1) is 9.58. The molecule has 5 atom stereocenters. The number of rotatable bonds is 4. The molecule has 110 valence electrons. The zero-order chi connectivity index (χ0) is 14.7. The van der Waals surface area contributed by atoms with Crippen LogP contribution >= 0.6 is 0 Å². The third kappa shape index (κ3) is 2.82. The Morgan fingerprint density at radius 3 is 2.50 bits per heavy atom. The summed E-state index contributed by atoms with van der Waals surface area (Å²) in [6, 6.07) is 6.30. The Kier molecular flexibility index (Phi) is 4.69. The van der Waals surface area contributed by atoms with Gasteiger partial charge in [0.25, 0.3) is 0 Å². The zero-order valence-corrected chi connectivity index (χ0v) is 10.5. The normalized spacial score (nSPS) is 33.7. The minimum atomic E-state index is -1.52. The third-order valence-electron chi connectivity index (χ3n) is 3.14. The maximum Gasteiger partial charge on any atom is 0.229 e. The number of aldehydes is 1. The Labute approximate surface area is 115 Å². The first kappa shape index (κ1) is 14.9. The van der Waals surface area contributed by atoms with E-state index in [-0.39, 0.29) is 11.3 Å². The molecule has 1 fully saturated rings. The van der Waals surface area contributed by atoms with E-state index in [0.717, 1.165) is 0 Å². The van der Waals surface area contributed by atoms with Crippen molar-refractivity contribution in [1.82, 2.24) is 0 Å². The molecule has 1 aromatic rings. The highest BCUT2D eigenvalue weighted by molar-refractivity contribution is 5.79. The number of para-hydroxylation sites is 1. The first-order valence-corrected chi connectivity index (χ1v) is 6.10. The monoisotopic (exact) mass is 284 g/mol. The Morgan fingerprint density at radius 1 is 1.15 bits per heavy atom. The molecule has 1 saturated heterocycles. The van der Waals surface area contributed by atoms with Crippen LogP contribution in [0.4, 0.5) is 0 Å². The van der Waals surface area contributed by atoms with Crippen molar-refractivity contribution in [2.24, 2.45) is 0 Å². The van der Waals surface area contributed by atoms with E-state index < -0.39 is 37.3 Å². The lowest BCUT2D eigenvalue weighted by molar-refractivity contribution is -0.277. The lowest BCUT2D eigenvalue weighted by Crippen LogP contribution is -2.60. The highest BCUT2D eigenvalue weighted by Crippen LogP contribution is 2.25. The first-order valence-electron chi connectivity index (χ1n) is 6.10. The van der Waals surface area contributed by atoms with Crippen LogP contribution in [0.25, 0.3) is 0 Å². The van der Waals surface area contributed by atoms with E-state index in [1.54, 1.807) is 12.1 Å². The summed E-state index contributed by atoms with van der Waals surface area (Å²) in [4.78, 5) is 10.9. The van der Waals surface area contributed by atoms with Crippen LogP contribution in [0.3, 0.4) is 0 Å². The average molecular weight is 284 g/mol. The van der Waals surface area contributed by atoms with Gasteiger partial charge in [-0.25, -0.2) is 0 Å². The van der Waals surface area contributed by atoms with Gasteiger partial charge in [0.05, 0.1) is 12.2 Å². The lowest BCUT2D eigenvalue weighted by atomic mass is 9.99. The number of hydrogen-bond acceptors (Lipinski definition) is 7. The second kappa shape index (κ2) is 6.29. The Hall–Kier alpha value is -1.51. The van der Waals surface area contributed by atoms with Gasteiger partial charge in [0, 0.05) is 0 Å². The van der Waals surface area contributed by atoms with E-state index in [9.17, 15) is 20.1 Å². The van der Waals surface area contributed by atoms with Crippen molar-refractivity contribution < 1.29 is 34.7 Å². The summed E-state index contributed by atoms with van der Waals surface area (Å²) in [6.07, 6.45) is -6.24. The number of aliphatic hydroxyl groups is 4. The Morgan fingerprint density at radius 2 is 1.85 bits per heavy atom. The second-order valence-electron chi connectivity index (χ2n) is 4.47. The summed E-state index contributed by atoms with van der Waals surface area (Å²) in [5.74, 6) is 0.173. The largest absolute Gasteiger partial charge is 0.461 e. The van der Waals surface area contributed by atoms with Crippen LogP contribution in [0.5, 0.6) is 5.75 Å². The summed E-state index contributed by atoms with van der Waals surface area (Å²) in [5.41, 5.74) is 0.254. The number of benzene rings is 1. The molecule has 7 heteroatoms. The summed E-state index contributed by atoms with van der Waals surface area (Å²) in [5, 5.41) is 38.1. The van der Waals surface area contributed by atoms with Gasteiger partial charge in [0.1, 0.15) is 30.2 Å². The summed E-state index contributed by atoms with van der Waals surface area (Å²) < 4.78 is 10.5. The van der Waals surface area contributed by atoms with Gasteiger partial charge in [-0.05, 0) is 12.1 Å². The van der Waals surface area contributed by atoms with Gasteiger partial charge in [0.15, 0.2) is 6.29 Å². The van der Waals surface area contributed by atoms with E-state index >= 15 is 0 Å². The molecule has 0 spiro atoms. The minimum absolute atomic E-state index is 0.173. The van der Waals surface area contributed by atoms with Crippen molar-refractivity contribution in [2.45, 2.75) is 30.7 Å². The molecule has 0 bridgehead atoms. The number of ether oxygens (including phenoxy) is 2. The Balaban J connectivity index is 2.17. The van der Waals surface area contributed by atoms with Crippen LogP contribution in [0.2, 0.25) is 0 Å². The molecule has 3 unspecified atom stereocenters. The molecule has 0 saturated carbocycles. The maximum atomic E-state index is 10.9. The van der Waals surface area contributed by atoms with Crippen LogP contribution < -0.4 is 4.74 Å². The molecule has 0 aromatic heterocycles. The van der Waals surface area contributed by atoms with E-state index in [2.05, 4.69) is 0 Å². The number of carbonyl (C=O) groups is 1. The van der Waals surface area contributed by atoms with E-state index in [4.69, 9.17) is 14.6 Å². The topological polar surface area (TPSA) is 116 Å². The van der Waals surface area contributed by atoms with Gasteiger partial charge >= 0.3 is 0 Å². The van der Waals surface area contributed by atoms with Gasteiger partial charge in [-0.3, -0.25) is 4.79 Å². The number of hydrogen-bond donors (Lipinski definition) is 4. The van der Waals surface area contributed by atoms with Crippen LogP contribution in [0, 0.1) is 0 Å². The predicted octanol–water partition coefficient (Wildman–Crippen LogP) is -1.32. The average Bonchev–Trinajstić information content (AvgIpc) is 2.48. The van der Waals surface area contributed by atoms with Crippen molar-refractivity contribution >= 4 is 6.29 Å².